The van der Waals surface area contributed by atoms with Crippen LogP contribution in [0, 0.1) is 11.6 Å². The maximum Gasteiger partial charge on any atom is 0.407 e. The van der Waals surface area contributed by atoms with E-state index >= 15 is 0 Å². The van der Waals surface area contributed by atoms with Gasteiger partial charge >= 0.3 is 12.1 Å². The molecule has 0 radical (unpaired) electrons. The standard InChI is InChI=1S/C19H24F2N2O5/c1-5-26-16(24)19(9-12-6-7-13(20)8-15(12)21)10-14(23-28-19)11-22-17(25)27-18(2,3)4/h6-8H,5,9-11H2,1-4H3,(H,22,25). The van der Waals surface area contributed by atoms with Crippen LogP contribution in [0.25, 0.3) is 0 Å². The molecule has 1 unspecified atom stereocenters. The molecule has 1 aromatic rings. The van der Waals surface area contributed by atoms with Crippen molar-refractivity contribution in [1.82, 2.24) is 5.32 Å². The molecule has 1 atom stereocenters. The lowest BCUT2D eigenvalue weighted by Gasteiger charge is -2.24. The average molecular weight is 398 g/mol. The van der Waals surface area contributed by atoms with Gasteiger partial charge in [-0.15, -0.1) is 0 Å². The number of hydrogen-bond donors (Lipinski definition) is 1. The van der Waals surface area contributed by atoms with E-state index in [1.165, 1.54) is 6.07 Å². The Bertz CT molecular complexity index is 776. The molecule has 1 amide bonds. The number of oxime groups is 1. The van der Waals surface area contributed by atoms with Crippen molar-refractivity contribution in [1.29, 1.82) is 0 Å². The number of hydrogen-bond acceptors (Lipinski definition) is 6. The lowest BCUT2D eigenvalue weighted by Crippen LogP contribution is -2.44. The first kappa shape index (κ1) is 21.6. The number of esters is 1. The van der Waals surface area contributed by atoms with E-state index in [0.717, 1.165) is 12.1 Å². The van der Waals surface area contributed by atoms with Gasteiger partial charge in [0.15, 0.2) is 0 Å². The van der Waals surface area contributed by atoms with Crippen LogP contribution in [0.5, 0.6) is 0 Å². The van der Waals surface area contributed by atoms with E-state index in [1.54, 1.807) is 27.7 Å². The molecule has 0 aliphatic carbocycles. The van der Waals surface area contributed by atoms with Crippen molar-refractivity contribution in [2.45, 2.75) is 51.7 Å². The van der Waals surface area contributed by atoms with Gasteiger partial charge in [0.2, 0.25) is 5.60 Å². The largest absolute Gasteiger partial charge is 0.463 e. The second kappa shape index (κ2) is 8.53. The fourth-order valence-electron chi connectivity index (χ4n) is 2.64. The van der Waals surface area contributed by atoms with Crippen LogP contribution in [0.15, 0.2) is 23.4 Å². The summed E-state index contributed by atoms with van der Waals surface area (Å²) in [4.78, 5) is 29.6. The van der Waals surface area contributed by atoms with E-state index in [4.69, 9.17) is 14.3 Å². The van der Waals surface area contributed by atoms with Crippen LogP contribution in [-0.2, 0) is 25.5 Å². The predicted octanol–water partition coefficient (Wildman–Crippen LogP) is 3.11. The van der Waals surface area contributed by atoms with Crippen LogP contribution in [0.2, 0.25) is 0 Å². The molecule has 1 aliphatic heterocycles. The Hall–Kier alpha value is -2.71. The molecule has 0 aromatic heterocycles. The highest BCUT2D eigenvalue weighted by molar-refractivity contribution is 5.96. The van der Waals surface area contributed by atoms with Gasteiger partial charge in [-0.2, -0.15) is 0 Å². The minimum Gasteiger partial charge on any atom is -0.463 e. The Morgan fingerprint density at radius 1 is 1.32 bits per heavy atom. The molecule has 0 saturated heterocycles. The van der Waals surface area contributed by atoms with Gasteiger partial charge in [0.25, 0.3) is 0 Å². The summed E-state index contributed by atoms with van der Waals surface area (Å²) in [6.45, 7) is 6.90. The van der Waals surface area contributed by atoms with Crippen LogP contribution in [0.4, 0.5) is 13.6 Å². The van der Waals surface area contributed by atoms with E-state index in [1.807, 2.05) is 0 Å². The number of ether oxygens (including phenoxy) is 2. The quantitative estimate of drug-likeness (QED) is 0.744. The minimum absolute atomic E-state index is 0.0119. The average Bonchev–Trinajstić information content (AvgIpc) is 2.99. The van der Waals surface area contributed by atoms with Crippen molar-refractivity contribution in [3.8, 4) is 0 Å². The Morgan fingerprint density at radius 3 is 2.64 bits per heavy atom. The van der Waals surface area contributed by atoms with Crippen molar-refractivity contribution in [3.05, 3.63) is 35.4 Å². The fraction of sp³-hybridized carbons (Fsp3) is 0.526. The first-order valence-corrected chi connectivity index (χ1v) is 8.86. The van der Waals surface area contributed by atoms with Gasteiger partial charge in [0.1, 0.15) is 17.2 Å². The molecule has 1 aromatic carbocycles. The predicted molar refractivity (Wildman–Crippen MR) is 96.8 cm³/mol. The molecule has 0 spiro atoms. The molecule has 7 nitrogen and oxygen atoms in total. The Balaban J connectivity index is 2.09. The Labute approximate surface area is 162 Å². The molecule has 1 heterocycles. The number of nitrogens with zero attached hydrogens (tertiary/aromatic N) is 1. The highest BCUT2D eigenvalue weighted by Crippen LogP contribution is 2.31. The lowest BCUT2D eigenvalue weighted by molar-refractivity contribution is -0.169. The number of carbonyl (C=O) groups excluding carboxylic acids is 2. The number of alkyl carbamates (subject to hydrolysis) is 1. The number of benzene rings is 1. The summed E-state index contributed by atoms with van der Waals surface area (Å²) in [5, 5.41) is 6.38. The van der Waals surface area contributed by atoms with Crippen LogP contribution in [0.3, 0.4) is 0 Å². The minimum atomic E-state index is -1.58. The smallest absolute Gasteiger partial charge is 0.407 e. The maximum atomic E-state index is 14.1. The van der Waals surface area contributed by atoms with Crippen LogP contribution < -0.4 is 5.32 Å². The lowest BCUT2D eigenvalue weighted by atomic mass is 9.89. The molecule has 9 heteroatoms. The van der Waals surface area contributed by atoms with Crippen molar-refractivity contribution in [2.24, 2.45) is 5.16 Å². The monoisotopic (exact) mass is 398 g/mol. The second-order valence-electron chi connectivity index (χ2n) is 7.41. The second-order valence-corrected chi connectivity index (χ2v) is 7.41. The van der Waals surface area contributed by atoms with Gasteiger partial charge in [-0.05, 0) is 39.3 Å². The molecule has 0 fully saturated rings. The number of nitrogens with one attached hydrogen (secondary N) is 1. The van der Waals surface area contributed by atoms with Crippen molar-refractivity contribution < 1.29 is 32.7 Å². The van der Waals surface area contributed by atoms with Crippen molar-refractivity contribution >= 4 is 17.8 Å². The number of halogens is 2. The summed E-state index contributed by atoms with van der Waals surface area (Å²) < 4.78 is 37.4. The van der Waals surface area contributed by atoms with E-state index < -0.39 is 34.9 Å². The highest BCUT2D eigenvalue weighted by atomic mass is 19.1. The summed E-state index contributed by atoms with van der Waals surface area (Å²) in [7, 11) is 0. The van der Waals surface area contributed by atoms with E-state index in [-0.39, 0.29) is 31.6 Å². The first-order chi connectivity index (χ1) is 13.0. The maximum absolute atomic E-state index is 14.1. The zero-order valence-corrected chi connectivity index (χ0v) is 16.3. The zero-order valence-electron chi connectivity index (χ0n) is 16.3. The summed E-state index contributed by atoms with van der Waals surface area (Å²) in [5.74, 6) is -2.24. The summed E-state index contributed by atoms with van der Waals surface area (Å²) in [6, 6.07) is 3.07. The molecule has 28 heavy (non-hydrogen) atoms. The highest BCUT2D eigenvalue weighted by Gasteiger charge is 2.48. The van der Waals surface area contributed by atoms with Gasteiger partial charge in [-0.1, -0.05) is 11.2 Å². The zero-order chi connectivity index (χ0) is 20.9. The molecular formula is C19H24F2N2O5. The third kappa shape index (κ3) is 5.64. The van der Waals surface area contributed by atoms with Crippen LogP contribution >= 0.6 is 0 Å². The third-order valence-electron chi connectivity index (χ3n) is 3.81. The van der Waals surface area contributed by atoms with Gasteiger partial charge in [-0.25, -0.2) is 18.4 Å². The van der Waals surface area contributed by atoms with E-state index in [0.29, 0.717) is 5.71 Å². The Kier molecular flexibility index (Phi) is 6.58. The molecule has 2 rings (SSSR count). The molecule has 1 aliphatic rings. The SMILES string of the molecule is CCOC(=O)C1(Cc2ccc(F)cc2F)CC(CNC(=O)OC(C)(C)C)=NO1. The van der Waals surface area contributed by atoms with Crippen molar-refractivity contribution in [2.75, 3.05) is 13.2 Å². The van der Waals surface area contributed by atoms with E-state index in [2.05, 4.69) is 10.5 Å². The van der Waals surface area contributed by atoms with Gasteiger partial charge < -0.3 is 19.6 Å². The van der Waals surface area contributed by atoms with Gasteiger partial charge in [-0.3, -0.25) is 0 Å². The van der Waals surface area contributed by atoms with Crippen LogP contribution in [0.1, 0.15) is 39.7 Å². The van der Waals surface area contributed by atoms with Crippen LogP contribution in [-0.4, -0.2) is 42.1 Å². The number of amides is 1. The molecule has 1 N–H and O–H groups in total. The molecule has 0 saturated carbocycles. The molecule has 154 valence electrons. The number of rotatable bonds is 6. The first-order valence-electron chi connectivity index (χ1n) is 8.86. The summed E-state index contributed by atoms with van der Waals surface area (Å²) in [6.07, 6.45) is -0.857. The topological polar surface area (TPSA) is 86.2 Å². The summed E-state index contributed by atoms with van der Waals surface area (Å²) >= 11 is 0. The third-order valence-corrected chi connectivity index (χ3v) is 3.81. The van der Waals surface area contributed by atoms with Gasteiger partial charge in [0.05, 0.1) is 18.9 Å². The number of carbonyl (C=O) groups is 2. The molecular weight excluding hydrogens is 374 g/mol. The molecule has 0 bridgehead atoms. The van der Waals surface area contributed by atoms with Crippen molar-refractivity contribution in [3.63, 3.8) is 0 Å². The fourth-order valence-corrected chi connectivity index (χ4v) is 2.64. The van der Waals surface area contributed by atoms with Gasteiger partial charge in [0, 0.05) is 18.9 Å². The Morgan fingerprint density at radius 2 is 2.04 bits per heavy atom. The normalized spacial score (nSPS) is 18.9. The van der Waals surface area contributed by atoms with E-state index in [9.17, 15) is 18.4 Å². The summed E-state index contributed by atoms with van der Waals surface area (Å²) in [5.41, 5.74) is -1.79.